The maximum Gasteiger partial charge on any atom is 0.124 e. The number of rotatable bonds is 1. The zero-order valence-electron chi connectivity index (χ0n) is 5.97. The lowest BCUT2D eigenvalue weighted by Crippen LogP contribution is -2.16. The van der Waals surface area contributed by atoms with E-state index in [-0.39, 0.29) is 0 Å². The molecule has 0 aromatic heterocycles. The summed E-state index contributed by atoms with van der Waals surface area (Å²) in [5, 5.41) is 9.56. The van der Waals surface area contributed by atoms with Crippen molar-refractivity contribution in [2.45, 2.75) is 31.3 Å². The molecule has 1 N–H and O–H groups in total. The van der Waals surface area contributed by atoms with Crippen molar-refractivity contribution in [3.8, 4) is 0 Å². The molecule has 1 saturated carbocycles. The van der Waals surface area contributed by atoms with Gasteiger partial charge in [-0.25, -0.2) is 0 Å². The van der Waals surface area contributed by atoms with Gasteiger partial charge in [-0.3, -0.25) is 0 Å². The van der Waals surface area contributed by atoms with E-state index in [4.69, 9.17) is 4.74 Å². The van der Waals surface area contributed by atoms with Crippen LogP contribution >= 0.6 is 0 Å². The van der Waals surface area contributed by atoms with Crippen molar-refractivity contribution < 1.29 is 9.84 Å². The third-order valence-corrected chi connectivity index (χ3v) is 2.12. The van der Waals surface area contributed by atoms with Crippen LogP contribution in [-0.4, -0.2) is 17.3 Å². The second-order valence-corrected chi connectivity index (χ2v) is 3.09. The molecule has 0 amide bonds. The number of aliphatic hydroxyl groups is 1. The third kappa shape index (κ3) is 0.926. The van der Waals surface area contributed by atoms with Crippen molar-refractivity contribution in [2.24, 2.45) is 0 Å². The molecule has 1 heterocycles. The molecule has 10 heavy (non-hydrogen) atoms. The molecule has 0 aromatic rings. The molecule has 1 aliphatic heterocycles. The van der Waals surface area contributed by atoms with Gasteiger partial charge in [-0.2, -0.15) is 0 Å². The first kappa shape index (κ1) is 6.23. The smallest absolute Gasteiger partial charge is 0.124 e. The van der Waals surface area contributed by atoms with E-state index in [1.54, 1.807) is 0 Å². The fourth-order valence-corrected chi connectivity index (χ4v) is 1.25. The predicted octanol–water partition coefficient (Wildman–Crippen LogP) is 1.21. The number of hydrogen-bond donors (Lipinski definition) is 1. The van der Waals surface area contributed by atoms with E-state index < -0.39 is 5.60 Å². The maximum absolute atomic E-state index is 9.56. The number of allylic oxidation sites excluding steroid dienone is 1. The summed E-state index contributed by atoms with van der Waals surface area (Å²) in [7, 11) is 0. The molecular formula is C8H12O2. The summed E-state index contributed by atoms with van der Waals surface area (Å²) in [5.41, 5.74) is -0.541. The van der Waals surface area contributed by atoms with Crippen molar-refractivity contribution in [3.05, 3.63) is 11.8 Å². The molecule has 2 rings (SSSR count). The molecular weight excluding hydrogens is 128 g/mol. The molecule has 0 unspecified atom stereocenters. The zero-order chi connectivity index (χ0) is 7.03. The Morgan fingerprint density at radius 2 is 2.30 bits per heavy atom. The monoisotopic (exact) mass is 140 g/mol. The van der Waals surface area contributed by atoms with Crippen LogP contribution < -0.4 is 0 Å². The topological polar surface area (TPSA) is 29.5 Å². The Kier molecular flexibility index (Phi) is 1.24. The van der Waals surface area contributed by atoms with Crippen LogP contribution in [0.3, 0.4) is 0 Å². The molecule has 1 aliphatic carbocycles. The van der Waals surface area contributed by atoms with Gasteiger partial charge < -0.3 is 9.84 Å². The Labute approximate surface area is 60.5 Å². The summed E-state index contributed by atoms with van der Waals surface area (Å²) in [6.45, 7) is 0.786. The molecule has 1 fully saturated rings. The molecule has 56 valence electrons. The van der Waals surface area contributed by atoms with Gasteiger partial charge in [-0.15, -0.1) is 0 Å². The summed E-state index contributed by atoms with van der Waals surface area (Å²) in [6, 6.07) is 0. The highest BCUT2D eigenvalue weighted by Crippen LogP contribution is 2.43. The SMILES string of the molecule is OC1(C2=CCCCO2)CC1. The molecule has 0 saturated heterocycles. The Hall–Kier alpha value is -0.500. The second kappa shape index (κ2) is 1.99. The lowest BCUT2D eigenvalue weighted by molar-refractivity contribution is 0.0761. The lowest BCUT2D eigenvalue weighted by atomic mass is 10.1. The minimum atomic E-state index is -0.541. The average Bonchev–Trinajstić information content (AvgIpc) is 2.72. The zero-order valence-corrected chi connectivity index (χ0v) is 5.97. The minimum absolute atomic E-state index is 0.541. The van der Waals surface area contributed by atoms with Gasteiger partial charge >= 0.3 is 0 Å². The molecule has 0 bridgehead atoms. The van der Waals surface area contributed by atoms with E-state index in [1.165, 1.54) is 0 Å². The third-order valence-electron chi connectivity index (χ3n) is 2.12. The fraction of sp³-hybridized carbons (Fsp3) is 0.750. The predicted molar refractivity (Wildman–Crippen MR) is 37.5 cm³/mol. The highest BCUT2D eigenvalue weighted by Gasteiger charge is 2.46. The van der Waals surface area contributed by atoms with Crippen molar-refractivity contribution >= 4 is 0 Å². The van der Waals surface area contributed by atoms with E-state index in [9.17, 15) is 5.11 Å². The van der Waals surface area contributed by atoms with Gasteiger partial charge in [-0.1, -0.05) is 0 Å². The highest BCUT2D eigenvalue weighted by atomic mass is 16.5. The summed E-state index contributed by atoms with van der Waals surface area (Å²) in [6.07, 6.45) is 5.96. The molecule has 0 aromatic carbocycles. The van der Waals surface area contributed by atoms with Crippen LogP contribution in [0.1, 0.15) is 25.7 Å². The molecule has 2 heteroatoms. The van der Waals surface area contributed by atoms with Gasteiger partial charge in [0.15, 0.2) is 0 Å². The van der Waals surface area contributed by atoms with Gasteiger partial charge in [0, 0.05) is 0 Å². The largest absolute Gasteiger partial charge is 0.495 e. The lowest BCUT2D eigenvalue weighted by Gasteiger charge is -2.18. The van der Waals surface area contributed by atoms with Crippen molar-refractivity contribution in [2.75, 3.05) is 6.61 Å². The van der Waals surface area contributed by atoms with Gasteiger partial charge in [0.1, 0.15) is 11.4 Å². The van der Waals surface area contributed by atoms with Crippen LogP contribution in [0.5, 0.6) is 0 Å². The maximum atomic E-state index is 9.56. The highest BCUT2D eigenvalue weighted by molar-refractivity contribution is 5.19. The quantitative estimate of drug-likeness (QED) is 0.593. The standard InChI is InChI=1S/C8H12O2/c9-8(4-5-8)7-3-1-2-6-10-7/h3,9H,1-2,4-6H2. The summed E-state index contributed by atoms with van der Waals surface area (Å²) >= 11 is 0. The fourth-order valence-electron chi connectivity index (χ4n) is 1.25. The van der Waals surface area contributed by atoms with Gasteiger partial charge in [0.05, 0.1) is 6.61 Å². The first-order valence-electron chi connectivity index (χ1n) is 3.87. The van der Waals surface area contributed by atoms with E-state index in [2.05, 4.69) is 0 Å². The Morgan fingerprint density at radius 3 is 2.80 bits per heavy atom. The molecule has 0 radical (unpaired) electrons. The minimum Gasteiger partial charge on any atom is -0.495 e. The van der Waals surface area contributed by atoms with Crippen molar-refractivity contribution in [3.63, 3.8) is 0 Å². The Balaban J connectivity index is 2.08. The first-order valence-corrected chi connectivity index (χ1v) is 3.87. The van der Waals surface area contributed by atoms with E-state index in [0.29, 0.717) is 0 Å². The van der Waals surface area contributed by atoms with E-state index in [1.807, 2.05) is 6.08 Å². The molecule has 0 spiro atoms. The molecule has 2 aliphatic rings. The van der Waals surface area contributed by atoms with Gasteiger partial charge in [0.25, 0.3) is 0 Å². The molecule has 0 atom stereocenters. The van der Waals surface area contributed by atoms with E-state index >= 15 is 0 Å². The molecule has 2 nitrogen and oxygen atoms in total. The van der Waals surface area contributed by atoms with Crippen LogP contribution in [-0.2, 0) is 4.74 Å². The normalized spacial score (nSPS) is 28.7. The van der Waals surface area contributed by atoms with E-state index in [0.717, 1.165) is 38.0 Å². The van der Waals surface area contributed by atoms with Crippen LogP contribution in [0.25, 0.3) is 0 Å². The first-order chi connectivity index (χ1) is 4.81. The van der Waals surface area contributed by atoms with Gasteiger partial charge in [0.2, 0.25) is 0 Å². The van der Waals surface area contributed by atoms with Crippen molar-refractivity contribution in [1.29, 1.82) is 0 Å². The van der Waals surface area contributed by atoms with Crippen LogP contribution in [0, 0.1) is 0 Å². The average molecular weight is 140 g/mol. The van der Waals surface area contributed by atoms with Crippen LogP contribution in [0.4, 0.5) is 0 Å². The Bertz CT molecular complexity index is 168. The van der Waals surface area contributed by atoms with Crippen LogP contribution in [0.15, 0.2) is 11.8 Å². The summed E-state index contributed by atoms with van der Waals surface area (Å²) in [4.78, 5) is 0. The Morgan fingerprint density at radius 1 is 1.50 bits per heavy atom. The summed E-state index contributed by atoms with van der Waals surface area (Å²) < 4.78 is 5.32. The van der Waals surface area contributed by atoms with Gasteiger partial charge in [-0.05, 0) is 31.8 Å². The summed E-state index contributed by atoms with van der Waals surface area (Å²) in [5.74, 6) is 0.832. The van der Waals surface area contributed by atoms with Crippen molar-refractivity contribution in [1.82, 2.24) is 0 Å². The van der Waals surface area contributed by atoms with Crippen LogP contribution in [0.2, 0.25) is 0 Å². The number of ether oxygens (including phenoxy) is 1. The second-order valence-electron chi connectivity index (χ2n) is 3.09. The number of hydrogen-bond acceptors (Lipinski definition) is 2.